The maximum atomic E-state index is 5.82. The first-order chi connectivity index (χ1) is 9.72. The van der Waals surface area contributed by atoms with Crippen LogP contribution in [0.5, 0.6) is 0 Å². The standard InChI is InChI=1S/C15H18N4O/c1-11-9-12(2)18-15(17-11)19-7-8-20-14(10-19)13-5-3-4-6-16-13/h3-6,9,14H,7-8,10H2,1-2H3. The molecule has 1 aliphatic rings. The Balaban J connectivity index is 1.81. The number of aromatic nitrogens is 3. The van der Waals surface area contributed by atoms with Crippen molar-refractivity contribution in [1.29, 1.82) is 0 Å². The Morgan fingerprint density at radius 3 is 2.70 bits per heavy atom. The summed E-state index contributed by atoms with van der Waals surface area (Å²) in [6.45, 7) is 6.20. The highest BCUT2D eigenvalue weighted by Crippen LogP contribution is 2.23. The minimum absolute atomic E-state index is 0.0191. The van der Waals surface area contributed by atoms with Gasteiger partial charge in [0.15, 0.2) is 0 Å². The van der Waals surface area contributed by atoms with Crippen molar-refractivity contribution in [1.82, 2.24) is 15.0 Å². The summed E-state index contributed by atoms with van der Waals surface area (Å²) < 4.78 is 5.82. The van der Waals surface area contributed by atoms with Crippen molar-refractivity contribution >= 4 is 5.95 Å². The Labute approximate surface area is 118 Å². The largest absolute Gasteiger partial charge is 0.368 e. The molecule has 104 valence electrons. The lowest BCUT2D eigenvalue weighted by molar-refractivity contribution is 0.0364. The summed E-state index contributed by atoms with van der Waals surface area (Å²) in [5.74, 6) is 0.784. The van der Waals surface area contributed by atoms with Gasteiger partial charge in [-0.15, -0.1) is 0 Å². The molecule has 20 heavy (non-hydrogen) atoms. The van der Waals surface area contributed by atoms with E-state index >= 15 is 0 Å². The van der Waals surface area contributed by atoms with Crippen molar-refractivity contribution in [2.75, 3.05) is 24.6 Å². The van der Waals surface area contributed by atoms with Gasteiger partial charge in [0.2, 0.25) is 5.95 Å². The molecule has 0 amide bonds. The van der Waals surface area contributed by atoms with E-state index in [0.717, 1.165) is 36.1 Å². The molecule has 1 atom stereocenters. The van der Waals surface area contributed by atoms with Gasteiger partial charge in [0.1, 0.15) is 6.10 Å². The van der Waals surface area contributed by atoms with Crippen LogP contribution in [-0.2, 0) is 4.74 Å². The predicted octanol–water partition coefficient (Wildman–Crippen LogP) is 2.07. The summed E-state index contributed by atoms with van der Waals surface area (Å²) in [6.07, 6.45) is 1.78. The van der Waals surface area contributed by atoms with Crippen molar-refractivity contribution in [3.63, 3.8) is 0 Å². The van der Waals surface area contributed by atoms with Crippen LogP contribution < -0.4 is 4.90 Å². The molecule has 3 rings (SSSR count). The summed E-state index contributed by atoms with van der Waals surface area (Å²) >= 11 is 0. The first-order valence-corrected chi connectivity index (χ1v) is 6.82. The molecule has 0 saturated carbocycles. The lowest BCUT2D eigenvalue weighted by Gasteiger charge is -2.32. The van der Waals surface area contributed by atoms with E-state index in [0.29, 0.717) is 6.61 Å². The van der Waals surface area contributed by atoms with E-state index in [4.69, 9.17) is 4.74 Å². The van der Waals surface area contributed by atoms with Gasteiger partial charge in [-0.3, -0.25) is 4.98 Å². The zero-order valence-corrected chi connectivity index (χ0v) is 11.8. The summed E-state index contributed by atoms with van der Waals surface area (Å²) in [4.78, 5) is 15.6. The number of nitrogens with zero attached hydrogens (tertiary/aromatic N) is 4. The third kappa shape index (κ3) is 2.77. The smallest absolute Gasteiger partial charge is 0.225 e. The molecule has 3 heterocycles. The highest BCUT2D eigenvalue weighted by atomic mass is 16.5. The number of ether oxygens (including phenoxy) is 1. The normalized spacial score (nSPS) is 19.1. The molecule has 0 bridgehead atoms. The van der Waals surface area contributed by atoms with Gasteiger partial charge < -0.3 is 9.64 Å². The molecular weight excluding hydrogens is 252 g/mol. The second-order valence-electron chi connectivity index (χ2n) is 5.01. The van der Waals surface area contributed by atoms with Gasteiger partial charge in [0.05, 0.1) is 18.8 Å². The van der Waals surface area contributed by atoms with Crippen LogP contribution in [0.1, 0.15) is 23.2 Å². The van der Waals surface area contributed by atoms with Gasteiger partial charge in [-0.05, 0) is 32.0 Å². The van der Waals surface area contributed by atoms with Crippen LogP contribution in [0, 0.1) is 13.8 Å². The summed E-state index contributed by atoms with van der Waals surface area (Å²) in [6, 6.07) is 7.88. The summed E-state index contributed by atoms with van der Waals surface area (Å²) in [5, 5.41) is 0. The summed E-state index contributed by atoms with van der Waals surface area (Å²) in [7, 11) is 0. The van der Waals surface area contributed by atoms with Crippen molar-refractivity contribution in [3.05, 3.63) is 47.5 Å². The fourth-order valence-electron chi connectivity index (χ4n) is 2.43. The monoisotopic (exact) mass is 270 g/mol. The molecular formula is C15H18N4O. The molecule has 0 aliphatic carbocycles. The molecule has 0 spiro atoms. The first kappa shape index (κ1) is 13.0. The van der Waals surface area contributed by atoms with Crippen LogP contribution in [-0.4, -0.2) is 34.6 Å². The van der Waals surface area contributed by atoms with Gasteiger partial charge in [-0.1, -0.05) is 6.07 Å². The molecule has 1 fully saturated rings. The van der Waals surface area contributed by atoms with Crippen LogP contribution in [0.4, 0.5) is 5.95 Å². The third-order valence-electron chi connectivity index (χ3n) is 3.34. The van der Waals surface area contributed by atoms with Gasteiger partial charge >= 0.3 is 0 Å². The molecule has 2 aromatic rings. The maximum Gasteiger partial charge on any atom is 0.225 e. The Bertz CT molecular complexity index is 567. The minimum atomic E-state index is -0.0191. The topological polar surface area (TPSA) is 51.1 Å². The first-order valence-electron chi connectivity index (χ1n) is 6.82. The Hall–Kier alpha value is -2.01. The molecule has 1 aliphatic heterocycles. The lowest BCUT2D eigenvalue weighted by atomic mass is 10.2. The number of anilines is 1. The number of pyridine rings is 1. The highest BCUT2D eigenvalue weighted by molar-refractivity contribution is 5.33. The second kappa shape index (κ2) is 5.54. The third-order valence-corrected chi connectivity index (χ3v) is 3.34. The van der Waals surface area contributed by atoms with Crippen molar-refractivity contribution in [2.24, 2.45) is 0 Å². The molecule has 0 aromatic carbocycles. The van der Waals surface area contributed by atoms with Crippen molar-refractivity contribution in [2.45, 2.75) is 20.0 Å². The van der Waals surface area contributed by atoms with Gasteiger partial charge in [0, 0.05) is 24.1 Å². The number of hydrogen-bond donors (Lipinski definition) is 0. The molecule has 1 saturated heterocycles. The van der Waals surface area contributed by atoms with E-state index in [1.165, 1.54) is 0 Å². The zero-order chi connectivity index (χ0) is 13.9. The summed E-state index contributed by atoms with van der Waals surface area (Å²) in [5.41, 5.74) is 2.95. The Morgan fingerprint density at radius 2 is 2.00 bits per heavy atom. The number of rotatable bonds is 2. The van der Waals surface area contributed by atoms with Crippen LogP contribution in [0.15, 0.2) is 30.5 Å². The SMILES string of the molecule is Cc1cc(C)nc(N2CCOC(c3ccccn3)C2)n1. The highest BCUT2D eigenvalue weighted by Gasteiger charge is 2.24. The Kier molecular flexibility index (Phi) is 3.60. The minimum Gasteiger partial charge on any atom is -0.368 e. The van der Waals surface area contributed by atoms with Crippen molar-refractivity contribution in [3.8, 4) is 0 Å². The van der Waals surface area contributed by atoms with E-state index in [9.17, 15) is 0 Å². The molecule has 5 heteroatoms. The fourth-order valence-corrected chi connectivity index (χ4v) is 2.43. The van der Waals surface area contributed by atoms with Crippen LogP contribution in [0.2, 0.25) is 0 Å². The second-order valence-corrected chi connectivity index (χ2v) is 5.01. The molecule has 2 aromatic heterocycles. The van der Waals surface area contributed by atoms with Gasteiger partial charge in [-0.25, -0.2) is 9.97 Å². The molecule has 0 radical (unpaired) electrons. The van der Waals surface area contributed by atoms with E-state index < -0.39 is 0 Å². The van der Waals surface area contributed by atoms with Crippen molar-refractivity contribution < 1.29 is 4.74 Å². The number of aryl methyl sites for hydroxylation is 2. The van der Waals surface area contributed by atoms with E-state index in [-0.39, 0.29) is 6.10 Å². The predicted molar refractivity (Wildman–Crippen MR) is 76.6 cm³/mol. The van der Waals surface area contributed by atoms with Gasteiger partial charge in [-0.2, -0.15) is 0 Å². The zero-order valence-electron chi connectivity index (χ0n) is 11.8. The number of morpholine rings is 1. The van der Waals surface area contributed by atoms with Crippen LogP contribution in [0.3, 0.4) is 0 Å². The quantitative estimate of drug-likeness (QED) is 0.836. The Morgan fingerprint density at radius 1 is 1.20 bits per heavy atom. The molecule has 5 nitrogen and oxygen atoms in total. The van der Waals surface area contributed by atoms with Crippen LogP contribution >= 0.6 is 0 Å². The molecule has 1 unspecified atom stereocenters. The maximum absolute atomic E-state index is 5.82. The van der Waals surface area contributed by atoms with Crippen LogP contribution in [0.25, 0.3) is 0 Å². The van der Waals surface area contributed by atoms with E-state index in [1.807, 2.05) is 38.1 Å². The van der Waals surface area contributed by atoms with E-state index in [1.54, 1.807) is 6.20 Å². The average Bonchev–Trinajstić information content (AvgIpc) is 2.47. The average molecular weight is 270 g/mol. The van der Waals surface area contributed by atoms with E-state index in [2.05, 4.69) is 19.9 Å². The van der Waals surface area contributed by atoms with Gasteiger partial charge in [0.25, 0.3) is 0 Å². The molecule has 0 N–H and O–H groups in total. The fraction of sp³-hybridized carbons (Fsp3) is 0.400. The number of hydrogen-bond acceptors (Lipinski definition) is 5. The lowest BCUT2D eigenvalue weighted by Crippen LogP contribution is -2.39.